The minimum absolute atomic E-state index is 0.134. The molecule has 3 heteroatoms. The van der Waals surface area contributed by atoms with Crippen LogP contribution in [-0.4, -0.2) is 42.0 Å². The Morgan fingerprint density at radius 3 is 2.70 bits per heavy atom. The summed E-state index contributed by atoms with van der Waals surface area (Å²) in [7, 11) is 0. The first-order chi connectivity index (χ1) is 9.72. The van der Waals surface area contributed by atoms with Crippen molar-refractivity contribution in [3.63, 3.8) is 0 Å². The van der Waals surface area contributed by atoms with Gasteiger partial charge in [-0.3, -0.25) is 9.80 Å². The van der Waals surface area contributed by atoms with Crippen molar-refractivity contribution < 1.29 is 0 Å². The Labute approximate surface area is 122 Å². The fraction of sp³-hybridized carbons (Fsp3) is 0.647. The van der Waals surface area contributed by atoms with Crippen LogP contribution in [0.1, 0.15) is 43.4 Å². The Hall–Kier alpha value is -0.900. The molecular formula is C17H27N3. The van der Waals surface area contributed by atoms with Gasteiger partial charge in [-0.1, -0.05) is 30.7 Å². The molecule has 2 N–H and O–H groups in total. The second-order valence-corrected chi connectivity index (χ2v) is 6.45. The highest BCUT2D eigenvalue weighted by Crippen LogP contribution is 2.22. The van der Waals surface area contributed by atoms with E-state index < -0.39 is 0 Å². The average molecular weight is 273 g/mol. The summed E-state index contributed by atoms with van der Waals surface area (Å²) < 4.78 is 0. The molecule has 3 rings (SSSR count). The Morgan fingerprint density at radius 1 is 1.15 bits per heavy atom. The normalized spacial score (nSPS) is 26.2. The summed E-state index contributed by atoms with van der Waals surface area (Å²) in [4.78, 5) is 5.31. The molecule has 0 aromatic heterocycles. The fourth-order valence-corrected chi connectivity index (χ4v) is 3.55. The minimum Gasteiger partial charge on any atom is -0.324 e. The van der Waals surface area contributed by atoms with E-state index in [9.17, 15) is 0 Å². The molecule has 0 saturated carbocycles. The molecule has 2 aliphatic heterocycles. The molecule has 1 aromatic rings. The van der Waals surface area contributed by atoms with E-state index in [1.807, 2.05) is 6.92 Å². The summed E-state index contributed by atoms with van der Waals surface area (Å²) in [6.07, 6.45) is 4.20. The second kappa shape index (κ2) is 6.25. The summed E-state index contributed by atoms with van der Waals surface area (Å²) in [6.45, 7) is 8.16. The van der Waals surface area contributed by atoms with Gasteiger partial charge in [-0.15, -0.1) is 0 Å². The van der Waals surface area contributed by atoms with E-state index in [1.54, 1.807) is 0 Å². The Balaban J connectivity index is 1.57. The Bertz CT molecular complexity index is 426. The minimum atomic E-state index is 0.134. The molecular weight excluding hydrogens is 246 g/mol. The zero-order chi connectivity index (χ0) is 13.9. The molecule has 0 bridgehead atoms. The van der Waals surface area contributed by atoms with E-state index in [0.29, 0.717) is 0 Å². The molecule has 2 heterocycles. The van der Waals surface area contributed by atoms with Gasteiger partial charge in [-0.2, -0.15) is 0 Å². The summed E-state index contributed by atoms with van der Waals surface area (Å²) in [6, 6.07) is 9.78. The highest BCUT2D eigenvalue weighted by Gasteiger charge is 2.28. The predicted molar refractivity (Wildman–Crippen MR) is 83.5 cm³/mol. The number of hydrogen-bond donors (Lipinski definition) is 1. The van der Waals surface area contributed by atoms with Crippen LogP contribution in [0.15, 0.2) is 24.3 Å². The van der Waals surface area contributed by atoms with Crippen LogP contribution in [0.25, 0.3) is 0 Å². The van der Waals surface area contributed by atoms with Gasteiger partial charge in [-0.05, 0) is 37.4 Å². The number of piperazine rings is 1. The number of nitrogens with two attached hydrogens (primary N) is 1. The maximum absolute atomic E-state index is 5.91. The third-order valence-electron chi connectivity index (χ3n) is 4.83. The molecule has 110 valence electrons. The first-order valence-electron chi connectivity index (χ1n) is 8.03. The van der Waals surface area contributed by atoms with Crippen molar-refractivity contribution in [2.45, 2.75) is 44.8 Å². The van der Waals surface area contributed by atoms with Crippen molar-refractivity contribution in [2.75, 3.05) is 26.2 Å². The van der Waals surface area contributed by atoms with Crippen LogP contribution in [0.2, 0.25) is 0 Å². The van der Waals surface area contributed by atoms with E-state index in [2.05, 4.69) is 34.1 Å². The lowest BCUT2D eigenvalue weighted by Gasteiger charge is -2.44. The lowest BCUT2D eigenvalue weighted by molar-refractivity contribution is 0.0457. The molecule has 2 atom stereocenters. The molecule has 0 radical (unpaired) electrons. The summed E-state index contributed by atoms with van der Waals surface area (Å²) >= 11 is 0. The predicted octanol–water partition coefficient (Wildman–Crippen LogP) is 2.38. The average Bonchev–Trinajstić information content (AvgIpc) is 2.48. The quantitative estimate of drug-likeness (QED) is 0.918. The highest BCUT2D eigenvalue weighted by atomic mass is 15.3. The zero-order valence-corrected chi connectivity index (χ0v) is 12.6. The van der Waals surface area contributed by atoms with Gasteiger partial charge in [0.05, 0.1) is 0 Å². The molecule has 3 nitrogen and oxygen atoms in total. The van der Waals surface area contributed by atoms with Gasteiger partial charge in [0.1, 0.15) is 0 Å². The van der Waals surface area contributed by atoms with Crippen molar-refractivity contribution >= 4 is 0 Å². The van der Waals surface area contributed by atoms with E-state index in [1.165, 1.54) is 56.6 Å². The first-order valence-corrected chi connectivity index (χ1v) is 8.03. The van der Waals surface area contributed by atoms with Crippen molar-refractivity contribution in [3.05, 3.63) is 35.4 Å². The monoisotopic (exact) mass is 273 g/mol. The van der Waals surface area contributed by atoms with E-state index >= 15 is 0 Å². The van der Waals surface area contributed by atoms with E-state index in [4.69, 9.17) is 5.73 Å². The van der Waals surface area contributed by atoms with Gasteiger partial charge in [0.25, 0.3) is 0 Å². The topological polar surface area (TPSA) is 32.5 Å². The summed E-state index contributed by atoms with van der Waals surface area (Å²) in [5.74, 6) is 0. The SMILES string of the molecule is CC(N)c1ccc(CN2CCN3CCCCC3C2)cc1. The zero-order valence-electron chi connectivity index (χ0n) is 12.6. The third kappa shape index (κ3) is 3.22. The third-order valence-corrected chi connectivity index (χ3v) is 4.83. The lowest BCUT2D eigenvalue weighted by atomic mass is 9.99. The Morgan fingerprint density at radius 2 is 1.95 bits per heavy atom. The molecule has 0 spiro atoms. The largest absolute Gasteiger partial charge is 0.324 e. The van der Waals surface area contributed by atoms with Gasteiger partial charge in [0.15, 0.2) is 0 Å². The van der Waals surface area contributed by atoms with Crippen LogP contribution in [0.4, 0.5) is 0 Å². The van der Waals surface area contributed by atoms with Crippen LogP contribution >= 0.6 is 0 Å². The maximum Gasteiger partial charge on any atom is 0.0266 e. The van der Waals surface area contributed by atoms with Gasteiger partial charge in [0, 0.05) is 38.3 Å². The number of fused-ring (bicyclic) bond motifs is 1. The van der Waals surface area contributed by atoms with Gasteiger partial charge in [0.2, 0.25) is 0 Å². The van der Waals surface area contributed by atoms with Gasteiger partial charge in [-0.25, -0.2) is 0 Å². The molecule has 2 aliphatic rings. The highest BCUT2D eigenvalue weighted by molar-refractivity contribution is 5.24. The molecule has 1 aromatic carbocycles. The first kappa shape index (κ1) is 14.1. The molecule has 2 saturated heterocycles. The van der Waals surface area contributed by atoms with Crippen molar-refractivity contribution in [1.82, 2.24) is 9.80 Å². The lowest BCUT2D eigenvalue weighted by Crippen LogP contribution is -2.54. The standard InChI is InChI=1S/C17H27N3/c1-14(18)16-7-5-15(6-8-16)12-19-10-11-20-9-3-2-4-17(20)13-19/h5-8,14,17H,2-4,9-13,18H2,1H3. The smallest absolute Gasteiger partial charge is 0.0266 e. The number of hydrogen-bond acceptors (Lipinski definition) is 3. The fourth-order valence-electron chi connectivity index (χ4n) is 3.55. The van der Waals surface area contributed by atoms with Crippen LogP contribution in [0, 0.1) is 0 Å². The van der Waals surface area contributed by atoms with Crippen molar-refractivity contribution in [2.24, 2.45) is 5.73 Å². The van der Waals surface area contributed by atoms with Crippen molar-refractivity contribution in [3.8, 4) is 0 Å². The molecule has 20 heavy (non-hydrogen) atoms. The number of piperidine rings is 1. The molecule has 0 amide bonds. The van der Waals surface area contributed by atoms with Crippen molar-refractivity contribution in [1.29, 1.82) is 0 Å². The van der Waals surface area contributed by atoms with Gasteiger partial charge >= 0.3 is 0 Å². The van der Waals surface area contributed by atoms with Crippen LogP contribution < -0.4 is 5.73 Å². The molecule has 2 unspecified atom stereocenters. The number of nitrogens with zero attached hydrogens (tertiary/aromatic N) is 2. The van der Waals surface area contributed by atoms with Crippen LogP contribution in [0.3, 0.4) is 0 Å². The van der Waals surface area contributed by atoms with E-state index in [0.717, 1.165) is 12.6 Å². The molecule has 0 aliphatic carbocycles. The van der Waals surface area contributed by atoms with Crippen LogP contribution in [0.5, 0.6) is 0 Å². The Kier molecular flexibility index (Phi) is 4.39. The van der Waals surface area contributed by atoms with Crippen LogP contribution in [-0.2, 0) is 6.54 Å². The summed E-state index contributed by atoms with van der Waals surface area (Å²) in [5, 5.41) is 0. The van der Waals surface area contributed by atoms with Gasteiger partial charge < -0.3 is 5.73 Å². The number of rotatable bonds is 3. The summed E-state index contributed by atoms with van der Waals surface area (Å²) in [5.41, 5.74) is 8.55. The van der Waals surface area contributed by atoms with E-state index in [-0.39, 0.29) is 6.04 Å². The number of benzene rings is 1. The molecule has 2 fully saturated rings. The second-order valence-electron chi connectivity index (χ2n) is 6.45. The maximum atomic E-state index is 5.91.